The Kier molecular flexibility index (Phi) is 6.41. The molecule has 1 rings (SSSR count). The van der Waals surface area contributed by atoms with Crippen molar-refractivity contribution in [2.75, 3.05) is 40.0 Å². The Hall–Kier alpha value is -1.83. The molecule has 0 aliphatic carbocycles. The molecule has 0 spiro atoms. The number of aliphatic carboxylic acids is 1. The van der Waals surface area contributed by atoms with Gasteiger partial charge in [0.05, 0.1) is 25.9 Å². The lowest BCUT2D eigenvalue weighted by atomic mass is 10.0. The number of carbonyl (C=O) groups excluding carboxylic acids is 2. The summed E-state index contributed by atoms with van der Waals surface area (Å²) in [6.07, 6.45) is 0. The Morgan fingerprint density at radius 3 is 2.48 bits per heavy atom. The highest BCUT2D eigenvalue weighted by Gasteiger charge is 2.40. The van der Waals surface area contributed by atoms with Crippen LogP contribution in [-0.4, -0.2) is 78.9 Å². The van der Waals surface area contributed by atoms with E-state index in [-0.39, 0.29) is 26.4 Å². The fourth-order valence-electron chi connectivity index (χ4n) is 2.28. The second-order valence-corrected chi connectivity index (χ2v) is 4.78. The summed E-state index contributed by atoms with van der Waals surface area (Å²) in [6.45, 7) is 4.13. The highest BCUT2D eigenvalue weighted by Crippen LogP contribution is 2.21. The number of amides is 2. The van der Waals surface area contributed by atoms with Crippen molar-refractivity contribution in [1.29, 1.82) is 0 Å². The van der Waals surface area contributed by atoms with Gasteiger partial charge in [0, 0.05) is 13.6 Å². The Balaban J connectivity index is 2.72. The molecule has 120 valence electrons. The van der Waals surface area contributed by atoms with E-state index in [2.05, 4.69) is 0 Å². The first-order valence-electron chi connectivity index (χ1n) is 6.90. The summed E-state index contributed by atoms with van der Waals surface area (Å²) in [7, 11) is 1.48. The molecule has 8 nitrogen and oxygen atoms in total. The molecule has 1 aliphatic heterocycles. The summed E-state index contributed by atoms with van der Waals surface area (Å²) >= 11 is 0. The maximum Gasteiger partial charge on any atom is 0.325 e. The molecule has 0 radical (unpaired) electrons. The topological polar surface area (TPSA) is 96.4 Å². The van der Waals surface area contributed by atoms with Gasteiger partial charge < -0.3 is 24.4 Å². The Bertz CT molecular complexity index is 400. The van der Waals surface area contributed by atoms with E-state index < -0.39 is 29.9 Å². The minimum atomic E-state index is -0.989. The zero-order valence-electron chi connectivity index (χ0n) is 12.6. The van der Waals surface area contributed by atoms with E-state index >= 15 is 0 Å². The van der Waals surface area contributed by atoms with Crippen molar-refractivity contribution in [2.24, 2.45) is 5.92 Å². The van der Waals surface area contributed by atoms with E-state index in [9.17, 15) is 14.4 Å². The van der Waals surface area contributed by atoms with Gasteiger partial charge in [0.15, 0.2) is 0 Å². The number of ether oxygens (including phenoxy) is 2. The van der Waals surface area contributed by atoms with Crippen LogP contribution in [0.2, 0.25) is 0 Å². The monoisotopic (exact) mass is 302 g/mol. The molecule has 2 atom stereocenters. The predicted octanol–water partition coefficient (Wildman–Crippen LogP) is 0.0228. The normalized spacial score (nSPS) is 20.9. The summed E-state index contributed by atoms with van der Waals surface area (Å²) in [5.74, 6) is -2.23. The number of carbonyl (C=O) groups is 3. The fraction of sp³-hybridized carbons (Fsp3) is 0.769. The second kappa shape index (κ2) is 7.82. The Morgan fingerprint density at radius 1 is 1.29 bits per heavy atom. The number of carboxylic acids is 1. The zero-order chi connectivity index (χ0) is 16.0. The molecular weight excluding hydrogens is 280 g/mol. The number of likely N-dealkylation sites (N-methyl/N-ethyl adjacent to an activating group) is 2. The molecule has 1 heterocycles. The van der Waals surface area contributed by atoms with Crippen molar-refractivity contribution in [3.05, 3.63) is 0 Å². The van der Waals surface area contributed by atoms with E-state index in [4.69, 9.17) is 14.6 Å². The van der Waals surface area contributed by atoms with Gasteiger partial charge in [-0.15, -0.1) is 0 Å². The van der Waals surface area contributed by atoms with Gasteiger partial charge in [-0.25, -0.2) is 4.79 Å². The van der Waals surface area contributed by atoms with Crippen molar-refractivity contribution in [1.82, 2.24) is 9.80 Å². The van der Waals surface area contributed by atoms with Crippen LogP contribution < -0.4 is 0 Å². The van der Waals surface area contributed by atoms with Crippen LogP contribution in [0.4, 0.5) is 4.79 Å². The first kappa shape index (κ1) is 17.2. The molecule has 1 aliphatic rings. The summed E-state index contributed by atoms with van der Waals surface area (Å²) in [6, 6.07) is -0.933. The molecule has 1 N–H and O–H groups in total. The van der Waals surface area contributed by atoms with Crippen LogP contribution in [0.15, 0.2) is 0 Å². The minimum absolute atomic E-state index is 0.0887. The maximum atomic E-state index is 12.4. The second-order valence-electron chi connectivity index (χ2n) is 4.78. The van der Waals surface area contributed by atoms with E-state index in [1.807, 2.05) is 0 Å². The molecule has 2 amide bonds. The van der Waals surface area contributed by atoms with Crippen LogP contribution in [0, 0.1) is 5.92 Å². The van der Waals surface area contributed by atoms with Crippen molar-refractivity contribution >= 4 is 18.0 Å². The molecule has 0 aromatic carbocycles. The van der Waals surface area contributed by atoms with E-state index in [1.54, 1.807) is 13.8 Å². The largest absolute Gasteiger partial charge is 0.481 e. The third-order valence-electron chi connectivity index (χ3n) is 3.35. The van der Waals surface area contributed by atoms with Gasteiger partial charge >= 0.3 is 18.0 Å². The average Bonchev–Trinajstić information content (AvgIpc) is 2.89. The average molecular weight is 302 g/mol. The number of rotatable bonds is 6. The molecule has 8 heteroatoms. The zero-order valence-corrected chi connectivity index (χ0v) is 12.6. The summed E-state index contributed by atoms with van der Waals surface area (Å²) in [5, 5.41) is 9.16. The highest BCUT2D eigenvalue weighted by molar-refractivity contribution is 5.81. The van der Waals surface area contributed by atoms with E-state index in [0.29, 0.717) is 6.54 Å². The van der Waals surface area contributed by atoms with E-state index in [0.717, 1.165) is 0 Å². The standard InChI is InChI=1S/C13H22N2O6/c1-4-15(10-8-20-7-9(10)12(17)18)13(19)14(3)6-11(16)21-5-2/h9-10H,4-8H2,1-3H3,(H,17,18). The van der Waals surface area contributed by atoms with Crippen molar-refractivity contribution in [2.45, 2.75) is 19.9 Å². The van der Waals surface area contributed by atoms with Gasteiger partial charge in [-0.1, -0.05) is 0 Å². The Morgan fingerprint density at radius 2 is 1.95 bits per heavy atom. The summed E-state index contributed by atoms with van der Waals surface area (Å²) in [5.41, 5.74) is 0. The minimum Gasteiger partial charge on any atom is -0.481 e. The fourth-order valence-corrected chi connectivity index (χ4v) is 2.28. The first-order valence-corrected chi connectivity index (χ1v) is 6.90. The van der Waals surface area contributed by atoms with E-state index in [1.165, 1.54) is 16.8 Å². The molecule has 1 saturated heterocycles. The smallest absolute Gasteiger partial charge is 0.325 e. The van der Waals surface area contributed by atoms with Gasteiger partial charge in [-0.2, -0.15) is 0 Å². The van der Waals surface area contributed by atoms with Gasteiger partial charge in [-0.05, 0) is 13.8 Å². The Labute approximate surface area is 123 Å². The van der Waals surface area contributed by atoms with Crippen LogP contribution in [0.3, 0.4) is 0 Å². The lowest BCUT2D eigenvalue weighted by Crippen LogP contribution is -2.51. The quantitative estimate of drug-likeness (QED) is 0.695. The molecule has 1 fully saturated rings. The molecule has 0 aromatic rings. The summed E-state index contributed by atoms with van der Waals surface area (Å²) in [4.78, 5) is 37.6. The van der Waals surface area contributed by atoms with Gasteiger partial charge in [-0.3, -0.25) is 9.59 Å². The highest BCUT2D eigenvalue weighted by atomic mass is 16.5. The molecule has 0 saturated carbocycles. The molecule has 0 aromatic heterocycles. The third-order valence-corrected chi connectivity index (χ3v) is 3.35. The van der Waals surface area contributed by atoms with Crippen LogP contribution in [0.1, 0.15) is 13.8 Å². The van der Waals surface area contributed by atoms with Crippen LogP contribution >= 0.6 is 0 Å². The number of urea groups is 1. The number of hydrogen-bond acceptors (Lipinski definition) is 5. The third kappa shape index (κ3) is 4.32. The first-order chi connectivity index (χ1) is 9.92. The maximum absolute atomic E-state index is 12.4. The number of nitrogens with zero attached hydrogens (tertiary/aromatic N) is 2. The van der Waals surface area contributed by atoms with Crippen molar-refractivity contribution < 1.29 is 29.0 Å². The lowest BCUT2D eigenvalue weighted by Gasteiger charge is -2.32. The van der Waals surface area contributed by atoms with Crippen LogP contribution in [-0.2, 0) is 19.1 Å². The SMILES string of the molecule is CCOC(=O)CN(C)C(=O)N(CC)C1COCC1C(=O)O. The predicted molar refractivity (Wildman–Crippen MR) is 72.8 cm³/mol. The van der Waals surface area contributed by atoms with Gasteiger partial charge in [0.1, 0.15) is 12.5 Å². The van der Waals surface area contributed by atoms with Crippen molar-refractivity contribution in [3.8, 4) is 0 Å². The van der Waals surface area contributed by atoms with Gasteiger partial charge in [0.2, 0.25) is 0 Å². The van der Waals surface area contributed by atoms with Gasteiger partial charge in [0.25, 0.3) is 0 Å². The molecular formula is C13H22N2O6. The number of carboxylic acid groups (broad SMARTS) is 1. The number of esters is 1. The van der Waals surface area contributed by atoms with Crippen molar-refractivity contribution in [3.63, 3.8) is 0 Å². The molecule has 21 heavy (non-hydrogen) atoms. The van der Waals surface area contributed by atoms with Crippen LogP contribution in [0.5, 0.6) is 0 Å². The molecule has 0 bridgehead atoms. The van der Waals surface area contributed by atoms with Crippen LogP contribution in [0.25, 0.3) is 0 Å². The lowest BCUT2D eigenvalue weighted by molar-refractivity contribution is -0.144. The molecule has 2 unspecified atom stereocenters. The number of hydrogen-bond donors (Lipinski definition) is 1. The summed E-state index contributed by atoms with van der Waals surface area (Å²) < 4.78 is 9.97.